The number of nitrogens with two attached hydrogens (primary N) is 1. The Morgan fingerprint density at radius 1 is 1.22 bits per heavy atom. The minimum atomic E-state index is 0.543. The standard InChI is InChI=1S/C16H16BrIN4O/c1-4-23-12-7-11-16(13(17)15(12)19)21-22(20-11)10-5-8(2)14(18)9(3)6-10/h5-7H,4,19H2,1-3H3. The van der Waals surface area contributed by atoms with Crippen LogP contribution in [0.2, 0.25) is 0 Å². The molecular weight excluding hydrogens is 471 g/mol. The number of nitrogen functional groups attached to an aromatic ring is 1. The molecule has 0 bridgehead atoms. The van der Waals surface area contributed by atoms with Gasteiger partial charge in [-0.1, -0.05) is 0 Å². The van der Waals surface area contributed by atoms with E-state index in [0.29, 0.717) is 22.5 Å². The number of nitrogens with zero attached hydrogens (tertiary/aromatic N) is 3. The number of hydrogen-bond donors (Lipinski definition) is 1. The van der Waals surface area contributed by atoms with Crippen LogP contribution in [0, 0.1) is 17.4 Å². The number of aromatic nitrogens is 3. The lowest BCUT2D eigenvalue weighted by molar-refractivity contribution is 0.342. The van der Waals surface area contributed by atoms with Gasteiger partial charge in [0.1, 0.15) is 16.8 Å². The van der Waals surface area contributed by atoms with Gasteiger partial charge in [-0.25, -0.2) is 0 Å². The first-order valence-corrected chi connectivity index (χ1v) is 9.04. The van der Waals surface area contributed by atoms with Crippen molar-refractivity contribution in [2.45, 2.75) is 20.8 Å². The number of anilines is 1. The zero-order chi connectivity index (χ0) is 16.7. The summed E-state index contributed by atoms with van der Waals surface area (Å²) in [4.78, 5) is 1.64. The third-order valence-electron chi connectivity index (χ3n) is 3.57. The van der Waals surface area contributed by atoms with Gasteiger partial charge in [0, 0.05) is 9.64 Å². The van der Waals surface area contributed by atoms with Crippen molar-refractivity contribution in [3.05, 3.63) is 37.4 Å². The Labute approximate surface area is 156 Å². The fourth-order valence-electron chi connectivity index (χ4n) is 2.44. The Morgan fingerprint density at radius 2 is 1.87 bits per heavy atom. The summed E-state index contributed by atoms with van der Waals surface area (Å²) in [5.74, 6) is 0.619. The van der Waals surface area contributed by atoms with Gasteiger partial charge in [-0.05, 0) is 82.6 Å². The fraction of sp³-hybridized carbons (Fsp3) is 0.250. The first-order chi connectivity index (χ1) is 10.9. The molecule has 5 nitrogen and oxygen atoms in total. The maximum atomic E-state index is 6.10. The Hall–Kier alpha value is -1.35. The van der Waals surface area contributed by atoms with Gasteiger partial charge in [0.25, 0.3) is 0 Å². The van der Waals surface area contributed by atoms with E-state index >= 15 is 0 Å². The van der Waals surface area contributed by atoms with E-state index in [1.807, 2.05) is 13.0 Å². The molecule has 0 aliphatic rings. The molecule has 120 valence electrons. The second kappa shape index (κ2) is 6.27. The molecule has 0 atom stereocenters. The normalized spacial score (nSPS) is 11.2. The first kappa shape index (κ1) is 16.5. The van der Waals surface area contributed by atoms with Gasteiger partial charge in [0.15, 0.2) is 0 Å². The van der Waals surface area contributed by atoms with Crippen LogP contribution in [-0.4, -0.2) is 21.6 Å². The second-order valence-corrected chi connectivity index (χ2v) is 7.16. The van der Waals surface area contributed by atoms with E-state index in [4.69, 9.17) is 10.5 Å². The Balaban J connectivity index is 2.19. The topological polar surface area (TPSA) is 66.0 Å². The first-order valence-electron chi connectivity index (χ1n) is 7.17. The largest absolute Gasteiger partial charge is 0.492 e. The van der Waals surface area contributed by atoms with E-state index < -0.39 is 0 Å². The third-order valence-corrected chi connectivity index (χ3v) is 6.07. The predicted molar refractivity (Wildman–Crippen MR) is 104 cm³/mol. The molecule has 0 saturated heterocycles. The van der Waals surface area contributed by atoms with Crippen LogP contribution in [0.25, 0.3) is 16.7 Å². The van der Waals surface area contributed by atoms with Crippen LogP contribution in [0.5, 0.6) is 5.75 Å². The summed E-state index contributed by atoms with van der Waals surface area (Å²) >= 11 is 5.86. The van der Waals surface area contributed by atoms with Crippen LogP contribution >= 0.6 is 38.5 Å². The van der Waals surface area contributed by atoms with E-state index in [9.17, 15) is 0 Å². The fourth-order valence-corrected chi connectivity index (χ4v) is 3.23. The molecule has 1 heterocycles. The molecule has 0 amide bonds. The minimum Gasteiger partial charge on any atom is -0.492 e. The summed E-state index contributed by atoms with van der Waals surface area (Å²) in [5.41, 5.74) is 11.4. The van der Waals surface area contributed by atoms with E-state index in [0.717, 1.165) is 16.7 Å². The number of benzene rings is 2. The molecule has 2 aromatic carbocycles. The van der Waals surface area contributed by atoms with Crippen LogP contribution in [-0.2, 0) is 0 Å². The van der Waals surface area contributed by atoms with Crippen molar-refractivity contribution in [3.8, 4) is 11.4 Å². The van der Waals surface area contributed by atoms with Crippen LogP contribution < -0.4 is 10.5 Å². The molecule has 7 heteroatoms. The summed E-state index contributed by atoms with van der Waals surface area (Å²) in [6.45, 7) is 6.64. The Morgan fingerprint density at radius 3 is 2.48 bits per heavy atom. The molecule has 3 aromatic rings. The SMILES string of the molecule is CCOc1cc2nn(-c3cc(C)c(I)c(C)c3)nc2c(Br)c1N. The van der Waals surface area contributed by atoms with Gasteiger partial charge >= 0.3 is 0 Å². The van der Waals surface area contributed by atoms with Crippen molar-refractivity contribution in [1.82, 2.24) is 15.0 Å². The lowest BCUT2D eigenvalue weighted by Gasteiger charge is -2.07. The predicted octanol–water partition coefficient (Wildman–Crippen LogP) is 4.39. The van der Waals surface area contributed by atoms with Gasteiger partial charge < -0.3 is 10.5 Å². The Kier molecular flexibility index (Phi) is 4.50. The highest BCUT2D eigenvalue weighted by Crippen LogP contribution is 2.36. The highest BCUT2D eigenvalue weighted by molar-refractivity contribution is 14.1. The Bertz CT molecular complexity index is 884. The summed E-state index contributed by atoms with van der Waals surface area (Å²) in [6, 6.07) is 5.98. The second-order valence-electron chi connectivity index (χ2n) is 5.29. The number of ether oxygens (including phenoxy) is 1. The molecule has 0 fully saturated rings. The maximum absolute atomic E-state index is 6.10. The molecule has 0 spiro atoms. The van der Waals surface area contributed by atoms with Crippen LogP contribution in [0.3, 0.4) is 0 Å². The smallest absolute Gasteiger partial charge is 0.145 e. The van der Waals surface area contributed by atoms with Gasteiger partial charge in [-0.3, -0.25) is 0 Å². The lowest BCUT2D eigenvalue weighted by Crippen LogP contribution is -2.01. The molecule has 0 aliphatic carbocycles. The summed E-state index contributed by atoms with van der Waals surface area (Å²) < 4.78 is 7.53. The molecule has 0 radical (unpaired) electrons. The van der Waals surface area contributed by atoms with Crippen molar-refractivity contribution in [1.29, 1.82) is 0 Å². The summed E-state index contributed by atoms with van der Waals surface area (Å²) in [6.07, 6.45) is 0. The quantitative estimate of drug-likeness (QED) is 0.440. The molecule has 1 aromatic heterocycles. The summed E-state index contributed by atoms with van der Waals surface area (Å²) in [5, 5.41) is 9.15. The number of fused-ring (bicyclic) bond motifs is 1. The van der Waals surface area contributed by atoms with Gasteiger partial charge in [0.2, 0.25) is 0 Å². The lowest BCUT2D eigenvalue weighted by atomic mass is 10.1. The van der Waals surface area contributed by atoms with Gasteiger partial charge in [-0.2, -0.15) is 4.80 Å². The third kappa shape index (κ3) is 2.91. The van der Waals surface area contributed by atoms with Crippen LogP contribution in [0.15, 0.2) is 22.7 Å². The van der Waals surface area contributed by atoms with E-state index in [-0.39, 0.29) is 0 Å². The number of rotatable bonds is 3. The van der Waals surface area contributed by atoms with E-state index in [1.54, 1.807) is 4.80 Å². The van der Waals surface area contributed by atoms with E-state index in [2.05, 4.69) is 74.7 Å². The summed E-state index contributed by atoms with van der Waals surface area (Å²) in [7, 11) is 0. The highest BCUT2D eigenvalue weighted by Gasteiger charge is 2.16. The number of halogens is 2. The number of aryl methyl sites for hydroxylation is 2. The highest BCUT2D eigenvalue weighted by atomic mass is 127. The van der Waals surface area contributed by atoms with Crippen molar-refractivity contribution in [2.75, 3.05) is 12.3 Å². The van der Waals surface area contributed by atoms with Crippen molar-refractivity contribution in [3.63, 3.8) is 0 Å². The van der Waals surface area contributed by atoms with Crippen molar-refractivity contribution < 1.29 is 4.74 Å². The van der Waals surface area contributed by atoms with Crippen LogP contribution in [0.1, 0.15) is 18.1 Å². The minimum absolute atomic E-state index is 0.543. The molecular formula is C16H16BrIN4O. The molecule has 0 saturated carbocycles. The maximum Gasteiger partial charge on any atom is 0.145 e. The van der Waals surface area contributed by atoms with Crippen LogP contribution in [0.4, 0.5) is 5.69 Å². The zero-order valence-corrected chi connectivity index (χ0v) is 16.8. The van der Waals surface area contributed by atoms with Gasteiger partial charge in [-0.15, -0.1) is 10.2 Å². The monoisotopic (exact) mass is 486 g/mol. The van der Waals surface area contributed by atoms with Crippen molar-refractivity contribution in [2.24, 2.45) is 0 Å². The number of hydrogen-bond acceptors (Lipinski definition) is 4. The molecule has 0 unspecified atom stereocenters. The van der Waals surface area contributed by atoms with Gasteiger partial charge in [0.05, 0.1) is 22.5 Å². The zero-order valence-electron chi connectivity index (χ0n) is 13.0. The average Bonchev–Trinajstić information content (AvgIpc) is 2.94. The van der Waals surface area contributed by atoms with Crippen molar-refractivity contribution >= 4 is 55.2 Å². The molecule has 23 heavy (non-hydrogen) atoms. The molecule has 0 aliphatic heterocycles. The molecule has 2 N–H and O–H groups in total. The van der Waals surface area contributed by atoms with E-state index in [1.165, 1.54) is 14.7 Å². The average molecular weight is 487 g/mol. The molecule has 3 rings (SSSR count).